The maximum absolute atomic E-state index is 14.0. The van der Waals surface area contributed by atoms with Gasteiger partial charge in [-0.2, -0.15) is 0 Å². The molecule has 1 heterocycles. The first-order chi connectivity index (χ1) is 9.13. The Morgan fingerprint density at radius 1 is 1.32 bits per heavy atom. The van der Waals surface area contributed by atoms with Crippen LogP contribution in [0.3, 0.4) is 0 Å². The van der Waals surface area contributed by atoms with E-state index in [-0.39, 0.29) is 11.9 Å². The number of rotatable bonds is 4. The van der Waals surface area contributed by atoms with E-state index in [2.05, 4.69) is 15.3 Å². The zero-order valence-corrected chi connectivity index (χ0v) is 11.6. The Bertz CT molecular complexity index is 574. The lowest BCUT2D eigenvalue weighted by Crippen LogP contribution is -2.11. The van der Waals surface area contributed by atoms with E-state index >= 15 is 0 Å². The highest BCUT2D eigenvalue weighted by Gasteiger charge is 2.14. The fraction of sp³-hybridized carbons (Fsp3) is 0.286. The predicted molar refractivity (Wildman–Crippen MR) is 74.9 cm³/mol. The molecule has 19 heavy (non-hydrogen) atoms. The fourth-order valence-electron chi connectivity index (χ4n) is 1.86. The molecule has 1 N–H and O–H groups in total. The van der Waals surface area contributed by atoms with Gasteiger partial charge in [-0.1, -0.05) is 36.7 Å². The van der Waals surface area contributed by atoms with Gasteiger partial charge >= 0.3 is 0 Å². The lowest BCUT2D eigenvalue weighted by atomic mass is 10.1. The number of hydrogen-bond donors (Lipinski definition) is 1. The van der Waals surface area contributed by atoms with Crippen LogP contribution in [0.2, 0.25) is 5.02 Å². The van der Waals surface area contributed by atoms with Crippen LogP contribution in [0.1, 0.15) is 31.1 Å². The molecule has 0 saturated carbocycles. The van der Waals surface area contributed by atoms with E-state index in [0.717, 1.165) is 5.56 Å². The van der Waals surface area contributed by atoms with Gasteiger partial charge in [-0.3, -0.25) is 0 Å². The molecule has 100 valence electrons. The molecule has 1 unspecified atom stereocenters. The highest BCUT2D eigenvalue weighted by atomic mass is 35.5. The molecular weight excluding hydrogens is 265 g/mol. The molecule has 0 spiro atoms. The second-order valence-electron chi connectivity index (χ2n) is 4.22. The molecule has 0 radical (unpaired) electrons. The summed E-state index contributed by atoms with van der Waals surface area (Å²) in [6, 6.07) is 7.33. The fourth-order valence-corrected chi connectivity index (χ4v) is 2.16. The Kier molecular flexibility index (Phi) is 4.32. The van der Waals surface area contributed by atoms with E-state index in [4.69, 9.17) is 11.6 Å². The first-order valence-electron chi connectivity index (χ1n) is 6.13. The maximum Gasteiger partial charge on any atom is 0.186 e. The van der Waals surface area contributed by atoms with E-state index in [0.29, 0.717) is 17.1 Å². The molecule has 2 rings (SSSR count). The summed E-state index contributed by atoms with van der Waals surface area (Å²) in [6.45, 7) is 3.76. The molecule has 0 aliphatic heterocycles. The largest absolute Gasteiger partial charge is 0.361 e. The van der Waals surface area contributed by atoms with Crippen molar-refractivity contribution in [2.75, 3.05) is 5.32 Å². The van der Waals surface area contributed by atoms with Crippen LogP contribution in [0.25, 0.3) is 0 Å². The van der Waals surface area contributed by atoms with E-state index < -0.39 is 5.82 Å². The van der Waals surface area contributed by atoms with Crippen LogP contribution in [0, 0.1) is 5.82 Å². The van der Waals surface area contributed by atoms with Gasteiger partial charge in [0.15, 0.2) is 11.6 Å². The molecule has 0 aliphatic rings. The van der Waals surface area contributed by atoms with E-state index in [9.17, 15) is 4.39 Å². The van der Waals surface area contributed by atoms with Crippen molar-refractivity contribution in [3.8, 4) is 0 Å². The average molecular weight is 280 g/mol. The highest BCUT2D eigenvalue weighted by Crippen LogP contribution is 2.26. The molecule has 0 aliphatic carbocycles. The maximum atomic E-state index is 14.0. The van der Waals surface area contributed by atoms with Crippen LogP contribution in [0.5, 0.6) is 0 Å². The number of halogens is 2. The third kappa shape index (κ3) is 3.01. The number of benzene rings is 1. The Balaban J connectivity index is 2.24. The zero-order chi connectivity index (χ0) is 13.8. The van der Waals surface area contributed by atoms with Crippen LogP contribution in [-0.4, -0.2) is 9.97 Å². The van der Waals surface area contributed by atoms with Gasteiger partial charge in [0.25, 0.3) is 0 Å². The molecule has 0 fully saturated rings. The topological polar surface area (TPSA) is 37.8 Å². The molecule has 2 aromatic rings. The quantitative estimate of drug-likeness (QED) is 0.919. The lowest BCUT2D eigenvalue weighted by molar-refractivity contribution is 0.594. The Morgan fingerprint density at radius 2 is 2.05 bits per heavy atom. The number of anilines is 1. The number of nitrogens with zero attached hydrogens (tertiary/aromatic N) is 2. The van der Waals surface area contributed by atoms with Crippen LogP contribution in [0.4, 0.5) is 10.2 Å². The number of aryl methyl sites for hydroxylation is 1. The third-order valence-corrected chi connectivity index (χ3v) is 3.27. The van der Waals surface area contributed by atoms with Crippen molar-refractivity contribution in [3.63, 3.8) is 0 Å². The van der Waals surface area contributed by atoms with Crippen molar-refractivity contribution in [3.05, 3.63) is 52.7 Å². The smallest absolute Gasteiger partial charge is 0.186 e. The molecule has 0 amide bonds. The Morgan fingerprint density at radius 3 is 2.74 bits per heavy atom. The van der Waals surface area contributed by atoms with Crippen LogP contribution in [0.15, 0.2) is 30.6 Å². The molecule has 1 atom stereocenters. The van der Waals surface area contributed by atoms with Crippen molar-refractivity contribution in [2.24, 2.45) is 0 Å². The summed E-state index contributed by atoms with van der Waals surface area (Å²) in [6.07, 6.45) is 1.90. The number of nitrogens with one attached hydrogen (secondary N) is 1. The van der Waals surface area contributed by atoms with Crippen LogP contribution in [-0.2, 0) is 6.42 Å². The van der Waals surface area contributed by atoms with Gasteiger partial charge in [0, 0.05) is 5.02 Å². The molecular formula is C14H15ClFN3. The van der Waals surface area contributed by atoms with E-state index in [1.54, 1.807) is 0 Å². The summed E-state index contributed by atoms with van der Waals surface area (Å²) < 4.78 is 14.0. The van der Waals surface area contributed by atoms with Gasteiger partial charge in [0.2, 0.25) is 0 Å². The van der Waals surface area contributed by atoms with Crippen LogP contribution < -0.4 is 5.32 Å². The molecule has 1 aromatic heterocycles. The second kappa shape index (κ2) is 5.97. The summed E-state index contributed by atoms with van der Waals surface area (Å²) in [5.41, 5.74) is 1.31. The SMILES string of the molecule is CCc1ncnc(NC(C)c2ccccc2Cl)c1F. The first kappa shape index (κ1) is 13.7. The average Bonchev–Trinajstić information content (AvgIpc) is 2.41. The minimum Gasteiger partial charge on any atom is -0.361 e. The zero-order valence-electron chi connectivity index (χ0n) is 10.8. The third-order valence-electron chi connectivity index (χ3n) is 2.92. The normalized spacial score (nSPS) is 12.2. The molecule has 0 bridgehead atoms. The van der Waals surface area contributed by atoms with Gasteiger partial charge in [-0.15, -0.1) is 0 Å². The van der Waals surface area contributed by atoms with Crippen molar-refractivity contribution in [1.29, 1.82) is 0 Å². The van der Waals surface area contributed by atoms with Gasteiger partial charge in [-0.05, 0) is 25.0 Å². The van der Waals surface area contributed by atoms with E-state index in [1.165, 1.54) is 6.33 Å². The molecule has 1 aromatic carbocycles. The summed E-state index contributed by atoms with van der Waals surface area (Å²) in [4.78, 5) is 7.84. The van der Waals surface area contributed by atoms with Gasteiger partial charge < -0.3 is 5.32 Å². The molecule has 0 saturated heterocycles. The van der Waals surface area contributed by atoms with Crippen molar-refractivity contribution in [2.45, 2.75) is 26.3 Å². The summed E-state index contributed by atoms with van der Waals surface area (Å²) in [5, 5.41) is 3.68. The minimum absolute atomic E-state index is 0.136. The van der Waals surface area contributed by atoms with Gasteiger partial charge in [0.1, 0.15) is 6.33 Å². The minimum atomic E-state index is -0.399. The van der Waals surface area contributed by atoms with Crippen molar-refractivity contribution >= 4 is 17.4 Å². The molecule has 5 heteroatoms. The number of aromatic nitrogens is 2. The lowest BCUT2D eigenvalue weighted by Gasteiger charge is -2.17. The van der Waals surface area contributed by atoms with Gasteiger partial charge in [-0.25, -0.2) is 14.4 Å². The van der Waals surface area contributed by atoms with E-state index in [1.807, 2.05) is 38.1 Å². The monoisotopic (exact) mass is 279 g/mol. The Labute approximate surface area is 116 Å². The second-order valence-corrected chi connectivity index (χ2v) is 4.63. The van der Waals surface area contributed by atoms with Crippen molar-refractivity contribution < 1.29 is 4.39 Å². The summed E-state index contributed by atoms with van der Waals surface area (Å²) >= 11 is 6.12. The first-order valence-corrected chi connectivity index (χ1v) is 6.51. The summed E-state index contributed by atoms with van der Waals surface area (Å²) in [7, 11) is 0. The Hall–Kier alpha value is -1.68. The van der Waals surface area contributed by atoms with Gasteiger partial charge in [0.05, 0.1) is 11.7 Å². The predicted octanol–water partition coefficient (Wildman–Crippen LogP) is 4.00. The number of hydrogen-bond acceptors (Lipinski definition) is 3. The standard InChI is InChI=1S/C14H15ClFN3/c1-3-12-13(16)14(18-8-17-12)19-9(2)10-6-4-5-7-11(10)15/h4-9H,3H2,1-2H3,(H,17,18,19). The van der Waals surface area contributed by atoms with Crippen molar-refractivity contribution in [1.82, 2.24) is 9.97 Å². The molecule has 3 nitrogen and oxygen atoms in total. The summed E-state index contributed by atoms with van der Waals surface area (Å²) in [5.74, 6) is -0.192. The highest BCUT2D eigenvalue weighted by molar-refractivity contribution is 6.31. The van der Waals surface area contributed by atoms with Crippen LogP contribution >= 0.6 is 11.6 Å².